The summed E-state index contributed by atoms with van der Waals surface area (Å²) in [7, 11) is 1.53. The summed E-state index contributed by atoms with van der Waals surface area (Å²) in [6.45, 7) is 3.47. The number of para-hydroxylation sites is 1. The molecule has 0 heterocycles. The van der Waals surface area contributed by atoms with Crippen molar-refractivity contribution in [3.63, 3.8) is 0 Å². The van der Waals surface area contributed by atoms with E-state index in [0.29, 0.717) is 11.4 Å². The Kier molecular flexibility index (Phi) is 4.99. The Morgan fingerprint density at radius 3 is 2.59 bits per heavy atom. The van der Waals surface area contributed by atoms with Crippen molar-refractivity contribution in [2.45, 2.75) is 20.0 Å². The van der Waals surface area contributed by atoms with E-state index in [4.69, 9.17) is 9.47 Å². The number of rotatable bonds is 5. The number of aryl methyl sites for hydroxylation is 1. The van der Waals surface area contributed by atoms with E-state index in [0.717, 1.165) is 5.56 Å². The molecule has 0 aliphatic rings. The van der Waals surface area contributed by atoms with E-state index in [1.54, 1.807) is 31.2 Å². The Morgan fingerprint density at radius 1 is 1.18 bits per heavy atom. The lowest BCUT2D eigenvalue weighted by molar-refractivity contribution is -0.122. The summed E-state index contributed by atoms with van der Waals surface area (Å²) in [5, 5.41) is 2.73. The number of anilines is 1. The average molecular weight is 303 g/mol. The third-order valence-corrected chi connectivity index (χ3v) is 3.12. The van der Waals surface area contributed by atoms with Gasteiger partial charge in [-0.2, -0.15) is 0 Å². The second kappa shape index (κ2) is 6.93. The lowest BCUT2D eigenvalue weighted by atomic mass is 10.2. The highest BCUT2D eigenvalue weighted by atomic mass is 19.1. The normalized spacial score (nSPS) is 11.6. The highest BCUT2D eigenvalue weighted by molar-refractivity contribution is 5.95. The van der Waals surface area contributed by atoms with Gasteiger partial charge in [0.2, 0.25) is 0 Å². The SMILES string of the molecule is COc1ccc(C)cc1NC(=O)[C@H](C)Oc1ccccc1F. The van der Waals surface area contributed by atoms with E-state index >= 15 is 0 Å². The van der Waals surface area contributed by atoms with Crippen LogP contribution in [-0.2, 0) is 4.79 Å². The van der Waals surface area contributed by atoms with Crippen molar-refractivity contribution in [1.82, 2.24) is 0 Å². The van der Waals surface area contributed by atoms with Crippen LogP contribution in [0.4, 0.5) is 10.1 Å². The lowest BCUT2D eigenvalue weighted by Gasteiger charge is -2.16. The van der Waals surface area contributed by atoms with E-state index in [-0.39, 0.29) is 11.7 Å². The first kappa shape index (κ1) is 15.8. The molecule has 0 saturated carbocycles. The maximum atomic E-state index is 13.5. The summed E-state index contributed by atoms with van der Waals surface area (Å²) in [5.74, 6) is -0.291. The molecule has 5 heteroatoms. The zero-order valence-electron chi connectivity index (χ0n) is 12.7. The predicted molar refractivity (Wildman–Crippen MR) is 82.9 cm³/mol. The first-order valence-corrected chi connectivity index (χ1v) is 6.88. The second-order valence-electron chi connectivity index (χ2n) is 4.88. The summed E-state index contributed by atoms with van der Waals surface area (Å²) < 4.78 is 24.1. The summed E-state index contributed by atoms with van der Waals surface area (Å²) >= 11 is 0. The third kappa shape index (κ3) is 3.75. The number of carbonyl (C=O) groups excluding carboxylic acids is 1. The fourth-order valence-electron chi connectivity index (χ4n) is 1.94. The number of ether oxygens (including phenoxy) is 2. The van der Waals surface area contributed by atoms with Crippen molar-refractivity contribution in [3.05, 3.63) is 53.8 Å². The van der Waals surface area contributed by atoms with Crippen molar-refractivity contribution in [2.75, 3.05) is 12.4 Å². The van der Waals surface area contributed by atoms with Gasteiger partial charge in [0.25, 0.3) is 5.91 Å². The monoisotopic (exact) mass is 303 g/mol. The van der Waals surface area contributed by atoms with Crippen LogP contribution in [0, 0.1) is 12.7 Å². The summed E-state index contributed by atoms with van der Waals surface area (Å²) in [6.07, 6.45) is -0.845. The van der Waals surface area contributed by atoms with Crippen LogP contribution in [0.5, 0.6) is 11.5 Å². The molecule has 0 aliphatic heterocycles. The van der Waals surface area contributed by atoms with Gasteiger partial charge in [-0.05, 0) is 43.7 Å². The fraction of sp³-hybridized carbons (Fsp3) is 0.235. The van der Waals surface area contributed by atoms with Crippen LogP contribution >= 0.6 is 0 Å². The minimum Gasteiger partial charge on any atom is -0.495 e. The Hall–Kier alpha value is -2.56. The Bertz CT molecular complexity index is 673. The molecule has 1 atom stereocenters. The van der Waals surface area contributed by atoms with Gasteiger partial charge >= 0.3 is 0 Å². The highest BCUT2D eigenvalue weighted by Gasteiger charge is 2.18. The standard InChI is InChI=1S/C17H18FNO3/c1-11-8-9-16(21-3)14(10-11)19-17(20)12(2)22-15-7-5-4-6-13(15)18/h4-10,12H,1-3H3,(H,19,20)/t12-/m0/s1. The van der Waals surface area contributed by atoms with Crippen LogP contribution in [0.1, 0.15) is 12.5 Å². The summed E-state index contributed by atoms with van der Waals surface area (Å²) in [5.41, 5.74) is 1.54. The van der Waals surface area contributed by atoms with E-state index < -0.39 is 11.9 Å². The fourth-order valence-corrected chi connectivity index (χ4v) is 1.94. The van der Waals surface area contributed by atoms with Crippen molar-refractivity contribution >= 4 is 11.6 Å². The van der Waals surface area contributed by atoms with Crippen molar-refractivity contribution < 1.29 is 18.7 Å². The van der Waals surface area contributed by atoms with Crippen molar-refractivity contribution in [2.24, 2.45) is 0 Å². The quantitative estimate of drug-likeness (QED) is 0.919. The second-order valence-corrected chi connectivity index (χ2v) is 4.88. The molecule has 1 N–H and O–H groups in total. The smallest absolute Gasteiger partial charge is 0.265 e. The summed E-state index contributed by atoms with van der Waals surface area (Å²) in [6, 6.07) is 11.4. The zero-order valence-corrected chi connectivity index (χ0v) is 12.7. The third-order valence-electron chi connectivity index (χ3n) is 3.12. The van der Waals surface area contributed by atoms with Gasteiger partial charge in [0.15, 0.2) is 17.7 Å². The molecule has 2 aromatic rings. The molecule has 4 nitrogen and oxygen atoms in total. The van der Waals surface area contributed by atoms with Crippen LogP contribution in [0.15, 0.2) is 42.5 Å². The Morgan fingerprint density at radius 2 is 1.91 bits per heavy atom. The minimum absolute atomic E-state index is 0.0429. The number of benzene rings is 2. The molecule has 22 heavy (non-hydrogen) atoms. The highest BCUT2D eigenvalue weighted by Crippen LogP contribution is 2.25. The molecule has 2 aromatic carbocycles. The van der Waals surface area contributed by atoms with Crippen molar-refractivity contribution in [1.29, 1.82) is 0 Å². The number of methoxy groups -OCH3 is 1. The number of hydrogen-bond acceptors (Lipinski definition) is 3. The molecule has 2 rings (SSSR count). The van der Waals surface area contributed by atoms with Gasteiger partial charge in [-0.1, -0.05) is 18.2 Å². The average Bonchev–Trinajstić information content (AvgIpc) is 2.49. The van der Waals surface area contributed by atoms with Gasteiger partial charge < -0.3 is 14.8 Å². The molecule has 1 amide bonds. The van der Waals surface area contributed by atoms with Crippen LogP contribution in [-0.4, -0.2) is 19.1 Å². The molecule has 0 bridgehead atoms. The molecule has 0 spiro atoms. The van der Waals surface area contributed by atoms with Crippen molar-refractivity contribution in [3.8, 4) is 11.5 Å². The first-order valence-electron chi connectivity index (χ1n) is 6.88. The zero-order chi connectivity index (χ0) is 16.1. The van der Waals surface area contributed by atoms with Crippen LogP contribution < -0.4 is 14.8 Å². The lowest BCUT2D eigenvalue weighted by Crippen LogP contribution is -2.30. The van der Waals surface area contributed by atoms with E-state index in [1.165, 1.54) is 19.2 Å². The molecule has 0 saturated heterocycles. The maximum absolute atomic E-state index is 13.5. The Labute approximate surface area is 128 Å². The van der Waals surface area contributed by atoms with Gasteiger partial charge in [-0.3, -0.25) is 4.79 Å². The molecule has 0 fully saturated rings. The van der Waals surface area contributed by atoms with Gasteiger partial charge in [-0.15, -0.1) is 0 Å². The first-order chi connectivity index (χ1) is 10.5. The van der Waals surface area contributed by atoms with Gasteiger partial charge in [0.1, 0.15) is 5.75 Å². The van der Waals surface area contributed by atoms with Gasteiger partial charge in [0.05, 0.1) is 12.8 Å². The summed E-state index contributed by atoms with van der Waals surface area (Å²) in [4.78, 5) is 12.2. The van der Waals surface area contributed by atoms with Crippen LogP contribution in [0.2, 0.25) is 0 Å². The Balaban J connectivity index is 2.09. The molecular weight excluding hydrogens is 285 g/mol. The van der Waals surface area contributed by atoms with E-state index in [2.05, 4.69) is 5.32 Å². The number of carbonyl (C=O) groups is 1. The number of nitrogens with one attached hydrogen (secondary N) is 1. The maximum Gasteiger partial charge on any atom is 0.265 e. The number of halogens is 1. The number of amides is 1. The predicted octanol–water partition coefficient (Wildman–Crippen LogP) is 3.55. The number of hydrogen-bond donors (Lipinski definition) is 1. The molecule has 0 aliphatic carbocycles. The largest absolute Gasteiger partial charge is 0.495 e. The molecule has 0 aromatic heterocycles. The molecule has 0 unspecified atom stereocenters. The molecule has 116 valence electrons. The molecule has 0 radical (unpaired) electrons. The van der Waals surface area contributed by atoms with Crippen LogP contribution in [0.3, 0.4) is 0 Å². The van der Waals surface area contributed by atoms with Gasteiger partial charge in [-0.25, -0.2) is 4.39 Å². The van der Waals surface area contributed by atoms with E-state index in [1.807, 2.05) is 13.0 Å². The van der Waals surface area contributed by atoms with Gasteiger partial charge in [0, 0.05) is 0 Å². The van der Waals surface area contributed by atoms with Crippen LogP contribution in [0.25, 0.3) is 0 Å². The topological polar surface area (TPSA) is 47.6 Å². The molecular formula is C17H18FNO3. The van der Waals surface area contributed by atoms with E-state index in [9.17, 15) is 9.18 Å². The minimum atomic E-state index is -0.845.